The smallest absolute Gasteiger partial charge is 0.325 e. The minimum Gasteiger partial charge on any atom is -0.497 e. The predicted molar refractivity (Wildman–Crippen MR) is 102 cm³/mol. The van der Waals surface area contributed by atoms with Crippen molar-refractivity contribution in [2.75, 3.05) is 26.1 Å². The molecule has 0 radical (unpaired) electrons. The third-order valence-corrected chi connectivity index (χ3v) is 4.71. The quantitative estimate of drug-likeness (QED) is 0.701. The van der Waals surface area contributed by atoms with Gasteiger partial charge in [-0.05, 0) is 24.6 Å². The molecule has 4 amide bonds. The summed E-state index contributed by atoms with van der Waals surface area (Å²) in [5.74, 6) is -2.78. The van der Waals surface area contributed by atoms with E-state index in [4.69, 9.17) is 9.47 Å². The van der Waals surface area contributed by atoms with Crippen molar-refractivity contribution >= 4 is 23.5 Å². The minimum absolute atomic E-state index is 0.0557. The van der Waals surface area contributed by atoms with E-state index in [1.54, 1.807) is 6.07 Å². The second-order valence-corrected chi connectivity index (χ2v) is 6.72. The molecule has 30 heavy (non-hydrogen) atoms. The number of hydrogen-bond donors (Lipinski definition) is 2. The molecule has 2 aromatic carbocycles. The van der Waals surface area contributed by atoms with Crippen molar-refractivity contribution in [2.24, 2.45) is 0 Å². The average Bonchev–Trinajstić information content (AvgIpc) is 2.93. The van der Waals surface area contributed by atoms with Crippen molar-refractivity contribution in [2.45, 2.75) is 12.5 Å². The Morgan fingerprint density at radius 2 is 1.70 bits per heavy atom. The van der Waals surface area contributed by atoms with E-state index in [-0.39, 0.29) is 5.56 Å². The molecule has 0 aromatic heterocycles. The first-order valence-corrected chi connectivity index (χ1v) is 8.80. The van der Waals surface area contributed by atoms with Crippen LogP contribution >= 0.6 is 0 Å². The van der Waals surface area contributed by atoms with Gasteiger partial charge in [0.15, 0.2) is 11.6 Å². The van der Waals surface area contributed by atoms with E-state index < -0.39 is 41.6 Å². The first-order chi connectivity index (χ1) is 14.2. The maximum absolute atomic E-state index is 13.6. The summed E-state index contributed by atoms with van der Waals surface area (Å²) in [5.41, 5.74) is -1.24. The van der Waals surface area contributed by atoms with Gasteiger partial charge in [0.25, 0.3) is 5.91 Å². The fourth-order valence-corrected chi connectivity index (χ4v) is 3.07. The lowest BCUT2D eigenvalue weighted by atomic mass is 9.92. The van der Waals surface area contributed by atoms with Crippen molar-refractivity contribution in [1.29, 1.82) is 0 Å². The van der Waals surface area contributed by atoms with E-state index >= 15 is 0 Å². The second-order valence-electron chi connectivity index (χ2n) is 6.72. The second kappa shape index (κ2) is 7.97. The number of benzene rings is 2. The van der Waals surface area contributed by atoms with E-state index in [9.17, 15) is 23.2 Å². The van der Waals surface area contributed by atoms with E-state index in [1.807, 2.05) is 0 Å². The minimum atomic E-state index is -1.63. The molecule has 1 aliphatic rings. The highest BCUT2D eigenvalue weighted by Crippen LogP contribution is 2.30. The van der Waals surface area contributed by atoms with Crippen LogP contribution in [0, 0.1) is 11.6 Å². The fraction of sp³-hybridized carbons (Fsp3) is 0.250. The number of ether oxygens (including phenoxy) is 2. The summed E-state index contributed by atoms with van der Waals surface area (Å²) >= 11 is 0. The van der Waals surface area contributed by atoms with Crippen LogP contribution in [-0.2, 0) is 15.1 Å². The summed E-state index contributed by atoms with van der Waals surface area (Å²) in [6, 6.07) is 6.75. The number of amides is 4. The lowest BCUT2D eigenvalue weighted by molar-refractivity contribution is -0.133. The molecule has 1 atom stereocenters. The molecule has 2 aromatic rings. The Labute approximate surface area is 170 Å². The Morgan fingerprint density at radius 1 is 1.07 bits per heavy atom. The Morgan fingerprint density at radius 3 is 2.27 bits per heavy atom. The number of halogens is 2. The Kier molecular flexibility index (Phi) is 5.59. The molecule has 3 rings (SSSR count). The van der Waals surface area contributed by atoms with Gasteiger partial charge in [-0.1, -0.05) is 6.07 Å². The van der Waals surface area contributed by atoms with Crippen LogP contribution in [0.15, 0.2) is 36.4 Å². The SMILES string of the molecule is COc1cc(NC(=O)CN2C(=O)NC(C)(c3ccc(F)c(F)c3)C2=O)cc(OC)c1. The molecule has 0 spiro atoms. The van der Waals surface area contributed by atoms with Crippen molar-refractivity contribution in [3.63, 3.8) is 0 Å². The van der Waals surface area contributed by atoms with Crippen molar-refractivity contribution in [3.8, 4) is 11.5 Å². The standard InChI is InChI=1S/C20H19F2N3O5/c1-20(11-4-5-15(21)16(22)6-11)18(27)25(19(28)24-20)10-17(26)23-12-7-13(29-2)9-14(8-12)30-3/h4-9H,10H2,1-3H3,(H,23,26)(H,24,28). The molecule has 1 aliphatic heterocycles. The van der Waals surface area contributed by atoms with Gasteiger partial charge in [-0.3, -0.25) is 14.5 Å². The maximum Gasteiger partial charge on any atom is 0.325 e. The summed E-state index contributed by atoms with van der Waals surface area (Å²) < 4.78 is 37.1. The lowest BCUT2D eigenvalue weighted by Crippen LogP contribution is -2.42. The normalized spacial score (nSPS) is 18.2. The van der Waals surface area contributed by atoms with Crippen molar-refractivity contribution < 1.29 is 32.6 Å². The molecule has 2 N–H and O–H groups in total. The third-order valence-electron chi connectivity index (χ3n) is 4.71. The van der Waals surface area contributed by atoms with Gasteiger partial charge < -0.3 is 20.1 Å². The van der Waals surface area contributed by atoms with Gasteiger partial charge >= 0.3 is 6.03 Å². The summed E-state index contributed by atoms with van der Waals surface area (Å²) in [5, 5.41) is 4.99. The van der Waals surface area contributed by atoms with E-state index in [0.29, 0.717) is 22.1 Å². The number of rotatable bonds is 6. The summed E-state index contributed by atoms with van der Waals surface area (Å²) in [4.78, 5) is 38.3. The van der Waals surface area contributed by atoms with Gasteiger partial charge in [0, 0.05) is 23.9 Å². The zero-order valence-corrected chi connectivity index (χ0v) is 16.4. The highest BCUT2D eigenvalue weighted by molar-refractivity contribution is 6.10. The highest BCUT2D eigenvalue weighted by atomic mass is 19.2. The molecule has 1 heterocycles. The van der Waals surface area contributed by atoms with Crippen LogP contribution in [0.25, 0.3) is 0 Å². The topological polar surface area (TPSA) is 97.0 Å². The number of hydrogen-bond acceptors (Lipinski definition) is 5. The molecule has 1 saturated heterocycles. The molecule has 1 unspecified atom stereocenters. The average molecular weight is 419 g/mol. The van der Waals surface area contributed by atoms with Crippen LogP contribution in [0.1, 0.15) is 12.5 Å². The number of imide groups is 1. The number of nitrogens with zero attached hydrogens (tertiary/aromatic N) is 1. The van der Waals surface area contributed by atoms with E-state index in [1.165, 1.54) is 39.3 Å². The van der Waals surface area contributed by atoms with Crippen LogP contribution in [0.4, 0.5) is 19.3 Å². The molecule has 0 bridgehead atoms. The molecular formula is C20H19F2N3O5. The van der Waals surface area contributed by atoms with Gasteiger partial charge in [0.1, 0.15) is 23.6 Å². The van der Waals surface area contributed by atoms with Crippen molar-refractivity contribution in [1.82, 2.24) is 10.2 Å². The van der Waals surface area contributed by atoms with E-state index in [0.717, 1.165) is 12.1 Å². The first-order valence-electron chi connectivity index (χ1n) is 8.80. The van der Waals surface area contributed by atoms with Crippen LogP contribution in [0.2, 0.25) is 0 Å². The molecule has 8 nitrogen and oxygen atoms in total. The summed E-state index contributed by atoms with van der Waals surface area (Å²) in [6.45, 7) is 0.772. The molecule has 0 aliphatic carbocycles. The molecule has 158 valence electrons. The maximum atomic E-state index is 13.6. The number of carbonyl (C=O) groups is 3. The largest absolute Gasteiger partial charge is 0.497 e. The molecule has 10 heteroatoms. The van der Waals surface area contributed by atoms with Gasteiger partial charge in [-0.25, -0.2) is 13.6 Å². The first kappa shape index (κ1) is 21.0. The lowest BCUT2D eigenvalue weighted by Gasteiger charge is -2.22. The van der Waals surface area contributed by atoms with Gasteiger partial charge in [-0.15, -0.1) is 0 Å². The monoisotopic (exact) mass is 419 g/mol. The van der Waals surface area contributed by atoms with Crippen LogP contribution in [0.3, 0.4) is 0 Å². The zero-order valence-electron chi connectivity index (χ0n) is 16.4. The summed E-state index contributed by atoms with van der Waals surface area (Å²) in [6.07, 6.45) is 0. The Balaban J connectivity index is 1.77. The van der Waals surface area contributed by atoms with E-state index in [2.05, 4.69) is 10.6 Å². The third kappa shape index (κ3) is 3.88. The Bertz CT molecular complexity index is 1010. The molecular weight excluding hydrogens is 400 g/mol. The Hall–Kier alpha value is -3.69. The number of urea groups is 1. The number of carbonyl (C=O) groups excluding carboxylic acids is 3. The van der Waals surface area contributed by atoms with Crippen LogP contribution < -0.4 is 20.1 Å². The number of anilines is 1. The number of nitrogens with one attached hydrogen (secondary N) is 2. The highest BCUT2D eigenvalue weighted by Gasteiger charge is 2.49. The number of methoxy groups -OCH3 is 2. The molecule has 1 fully saturated rings. The fourth-order valence-electron chi connectivity index (χ4n) is 3.07. The van der Waals surface area contributed by atoms with Gasteiger partial charge in [0.05, 0.1) is 14.2 Å². The van der Waals surface area contributed by atoms with Crippen molar-refractivity contribution in [3.05, 3.63) is 53.6 Å². The predicted octanol–water partition coefficient (Wildman–Crippen LogP) is 2.39. The van der Waals surface area contributed by atoms with Gasteiger partial charge in [0.2, 0.25) is 5.91 Å². The van der Waals surface area contributed by atoms with Gasteiger partial charge in [-0.2, -0.15) is 0 Å². The zero-order chi connectivity index (χ0) is 22.1. The summed E-state index contributed by atoms with van der Waals surface area (Å²) in [7, 11) is 2.90. The van der Waals surface area contributed by atoms with Crippen LogP contribution in [-0.4, -0.2) is 43.5 Å². The van der Waals surface area contributed by atoms with Crippen LogP contribution in [0.5, 0.6) is 11.5 Å². The molecule has 0 saturated carbocycles.